The summed E-state index contributed by atoms with van der Waals surface area (Å²) in [7, 11) is -3.36. The molecule has 1 aromatic rings. The number of nitrogens with one attached hydrogen (secondary N) is 1. The molecule has 0 amide bonds. The van der Waals surface area contributed by atoms with E-state index < -0.39 is 10.0 Å². The summed E-state index contributed by atoms with van der Waals surface area (Å²) in [6.45, 7) is 11.1. The second-order valence-corrected chi connectivity index (χ2v) is 9.44. The Morgan fingerprint density at radius 3 is 2.71 bits per heavy atom. The lowest BCUT2D eigenvalue weighted by Gasteiger charge is -2.20. The van der Waals surface area contributed by atoms with Gasteiger partial charge in [0.05, 0.1) is 0 Å². The van der Waals surface area contributed by atoms with Crippen molar-refractivity contribution in [2.45, 2.75) is 52.0 Å². The second-order valence-electron chi connectivity index (χ2n) is 6.60. The summed E-state index contributed by atoms with van der Waals surface area (Å²) in [6, 6.07) is 0. The Hall–Kier alpha value is -0.430. The highest BCUT2D eigenvalue weighted by molar-refractivity contribution is 7.89. The average Bonchev–Trinajstić information content (AvgIpc) is 2.93. The van der Waals surface area contributed by atoms with Crippen molar-refractivity contribution in [3.8, 4) is 0 Å². The summed E-state index contributed by atoms with van der Waals surface area (Å²) in [5.41, 5.74) is 0.954. The van der Waals surface area contributed by atoms with Crippen molar-refractivity contribution < 1.29 is 8.42 Å². The quantitative estimate of drug-likeness (QED) is 0.816. The van der Waals surface area contributed by atoms with Crippen LogP contribution in [-0.2, 0) is 16.6 Å². The van der Waals surface area contributed by atoms with Gasteiger partial charge in [-0.3, -0.25) is 0 Å². The third-order valence-electron chi connectivity index (χ3n) is 3.94. The minimum atomic E-state index is -3.36. The van der Waals surface area contributed by atoms with Crippen LogP contribution < -0.4 is 5.32 Å². The molecule has 0 aliphatic carbocycles. The smallest absolute Gasteiger partial charge is 0.244 e. The predicted molar refractivity (Wildman–Crippen MR) is 88.2 cm³/mol. The van der Waals surface area contributed by atoms with Gasteiger partial charge in [-0.05, 0) is 42.7 Å². The second kappa shape index (κ2) is 6.36. The predicted octanol–water partition coefficient (Wildman–Crippen LogP) is 2.98. The molecule has 1 fully saturated rings. The molecular formula is C15H26N2O2S2. The van der Waals surface area contributed by atoms with Crippen molar-refractivity contribution in [2.24, 2.45) is 5.41 Å². The Morgan fingerprint density at radius 1 is 1.43 bits per heavy atom. The molecule has 2 heterocycles. The molecule has 1 saturated heterocycles. The summed E-state index contributed by atoms with van der Waals surface area (Å²) in [4.78, 5) is 1.47. The van der Waals surface area contributed by atoms with Crippen LogP contribution in [-0.4, -0.2) is 32.4 Å². The first-order chi connectivity index (χ1) is 9.78. The van der Waals surface area contributed by atoms with Gasteiger partial charge in [-0.15, -0.1) is 11.3 Å². The van der Waals surface area contributed by atoms with Gasteiger partial charge in [-0.25, -0.2) is 8.42 Å². The van der Waals surface area contributed by atoms with Crippen LogP contribution in [0.3, 0.4) is 0 Å². The zero-order valence-electron chi connectivity index (χ0n) is 13.4. The SMILES string of the molecule is CCCNCc1scc(C)c1S(=O)(=O)N1CCC(C)(C)C1. The van der Waals surface area contributed by atoms with Crippen molar-refractivity contribution in [1.29, 1.82) is 0 Å². The van der Waals surface area contributed by atoms with Gasteiger partial charge in [-0.1, -0.05) is 20.8 Å². The van der Waals surface area contributed by atoms with Crippen LogP contribution in [0.25, 0.3) is 0 Å². The summed E-state index contributed by atoms with van der Waals surface area (Å²) in [5, 5.41) is 5.27. The lowest BCUT2D eigenvalue weighted by molar-refractivity contribution is 0.375. The zero-order chi connectivity index (χ0) is 15.7. The van der Waals surface area contributed by atoms with Crippen molar-refractivity contribution in [2.75, 3.05) is 19.6 Å². The monoisotopic (exact) mass is 330 g/mol. The Kier molecular flexibility index (Phi) is 5.13. The van der Waals surface area contributed by atoms with Crippen LogP contribution in [0.5, 0.6) is 0 Å². The van der Waals surface area contributed by atoms with Gasteiger partial charge < -0.3 is 5.32 Å². The Bertz CT molecular complexity index is 591. The molecular weight excluding hydrogens is 304 g/mol. The van der Waals surface area contributed by atoms with Gasteiger partial charge in [0.1, 0.15) is 4.90 Å². The number of sulfonamides is 1. The minimum Gasteiger partial charge on any atom is -0.312 e. The number of thiophene rings is 1. The van der Waals surface area contributed by atoms with E-state index >= 15 is 0 Å². The van der Waals surface area contributed by atoms with E-state index in [-0.39, 0.29) is 5.41 Å². The van der Waals surface area contributed by atoms with E-state index in [0.717, 1.165) is 29.8 Å². The van der Waals surface area contributed by atoms with E-state index in [2.05, 4.69) is 26.1 Å². The van der Waals surface area contributed by atoms with Gasteiger partial charge in [-0.2, -0.15) is 4.31 Å². The number of aryl methyl sites for hydroxylation is 1. The number of nitrogens with zero attached hydrogens (tertiary/aromatic N) is 1. The standard InChI is InChI=1S/C15H26N2O2S2/c1-5-7-16-9-13-14(12(2)10-20-13)21(18,19)17-8-6-15(3,4)11-17/h10,16H,5-9,11H2,1-4H3. The lowest BCUT2D eigenvalue weighted by Crippen LogP contribution is -2.31. The topological polar surface area (TPSA) is 49.4 Å². The fourth-order valence-electron chi connectivity index (χ4n) is 2.73. The van der Waals surface area contributed by atoms with E-state index in [4.69, 9.17) is 0 Å². The normalized spacial score (nSPS) is 19.2. The molecule has 0 saturated carbocycles. The lowest BCUT2D eigenvalue weighted by atomic mass is 9.93. The summed E-state index contributed by atoms with van der Waals surface area (Å²) in [6.07, 6.45) is 1.98. The average molecular weight is 331 g/mol. The van der Waals surface area contributed by atoms with Crippen LogP contribution in [0.4, 0.5) is 0 Å². The van der Waals surface area contributed by atoms with Crippen molar-refractivity contribution in [1.82, 2.24) is 9.62 Å². The molecule has 2 rings (SSSR count). The molecule has 1 aromatic heterocycles. The zero-order valence-corrected chi connectivity index (χ0v) is 15.0. The van der Waals surface area contributed by atoms with Crippen LogP contribution >= 0.6 is 11.3 Å². The van der Waals surface area contributed by atoms with Gasteiger partial charge in [0.2, 0.25) is 10.0 Å². The Balaban J connectivity index is 2.26. The van der Waals surface area contributed by atoms with Gasteiger partial charge in [0.25, 0.3) is 0 Å². The van der Waals surface area contributed by atoms with Crippen molar-refractivity contribution in [3.05, 3.63) is 15.8 Å². The molecule has 0 atom stereocenters. The number of hydrogen-bond donors (Lipinski definition) is 1. The summed E-state index contributed by atoms with van der Waals surface area (Å²) >= 11 is 1.54. The van der Waals surface area contributed by atoms with Crippen molar-refractivity contribution in [3.63, 3.8) is 0 Å². The summed E-state index contributed by atoms with van der Waals surface area (Å²) in [5.74, 6) is 0. The maximum atomic E-state index is 13.0. The highest BCUT2D eigenvalue weighted by atomic mass is 32.2. The Morgan fingerprint density at radius 2 is 2.14 bits per heavy atom. The molecule has 120 valence electrons. The molecule has 0 aromatic carbocycles. The van der Waals surface area contributed by atoms with E-state index in [1.54, 1.807) is 15.6 Å². The maximum Gasteiger partial charge on any atom is 0.244 e. The highest BCUT2D eigenvalue weighted by Gasteiger charge is 2.38. The molecule has 0 spiro atoms. The van der Waals surface area contributed by atoms with Gasteiger partial charge in [0.15, 0.2) is 0 Å². The van der Waals surface area contributed by atoms with E-state index in [9.17, 15) is 8.42 Å². The number of hydrogen-bond acceptors (Lipinski definition) is 4. The van der Waals surface area contributed by atoms with E-state index in [1.165, 1.54) is 0 Å². The molecule has 0 radical (unpaired) electrons. The first kappa shape index (κ1) is 16.9. The van der Waals surface area contributed by atoms with Crippen LogP contribution in [0, 0.1) is 12.3 Å². The van der Waals surface area contributed by atoms with Gasteiger partial charge >= 0.3 is 0 Å². The third-order valence-corrected chi connectivity index (χ3v) is 7.25. The highest BCUT2D eigenvalue weighted by Crippen LogP contribution is 2.36. The molecule has 0 bridgehead atoms. The number of rotatable bonds is 6. The van der Waals surface area contributed by atoms with E-state index in [1.807, 2.05) is 12.3 Å². The molecule has 4 nitrogen and oxygen atoms in total. The van der Waals surface area contributed by atoms with Crippen molar-refractivity contribution >= 4 is 21.4 Å². The van der Waals surface area contributed by atoms with Crippen LogP contribution in [0.15, 0.2) is 10.3 Å². The minimum absolute atomic E-state index is 0.0810. The fraction of sp³-hybridized carbons (Fsp3) is 0.733. The molecule has 6 heteroatoms. The molecule has 0 unspecified atom stereocenters. The maximum absolute atomic E-state index is 13.0. The van der Waals surface area contributed by atoms with Crippen LogP contribution in [0.2, 0.25) is 0 Å². The van der Waals surface area contributed by atoms with Crippen LogP contribution in [0.1, 0.15) is 44.1 Å². The molecule has 21 heavy (non-hydrogen) atoms. The summed E-state index contributed by atoms with van der Waals surface area (Å²) < 4.78 is 27.6. The Labute approximate surface area is 132 Å². The van der Waals surface area contributed by atoms with E-state index in [0.29, 0.717) is 24.5 Å². The fourth-order valence-corrected chi connectivity index (χ4v) is 6.09. The largest absolute Gasteiger partial charge is 0.312 e. The first-order valence-electron chi connectivity index (χ1n) is 7.56. The van der Waals surface area contributed by atoms with Gasteiger partial charge in [0, 0.05) is 24.5 Å². The molecule has 1 aliphatic heterocycles. The third kappa shape index (κ3) is 3.67. The molecule has 1 aliphatic rings. The first-order valence-corrected chi connectivity index (χ1v) is 9.88. The molecule has 1 N–H and O–H groups in total.